The lowest BCUT2D eigenvalue weighted by Gasteiger charge is -2.41. The summed E-state index contributed by atoms with van der Waals surface area (Å²) in [5.41, 5.74) is 1.54. The van der Waals surface area contributed by atoms with Crippen LogP contribution in [-0.4, -0.2) is 48.9 Å². The second-order valence-electron chi connectivity index (χ2n) is 8.42. The van der Waals surface area contributed by atoms with Gasteiger partial charge in [-0.1, -0.05) is 12.8 Å². The van der Waals surface area contributed by atoms with Gasteiger partial charge in [0.25, 0.3) is 0 Å². The third-order valence-corrected chi connectivity index (χ3v) is 6.27. The number of piperazine rings is 1. The molecule has 1 heterocycles. The predicted molar refractivity (Wildman–Crippen MR) is 118 cm³/mol. The Kier molecular flexibility index (Phi) is 6.36. The summed E-state index contributed by atoms with van der Waals surface area (Å²) in [4.78, 5) is 17.5. The monoisotopic (exact) mass is 458 g/mol. The summed E-state index contributed by atoms with van der Waals surface area (Å²) in [6.07, 6.45) is -1.25. The summed E-state index contributed by atoms with van der Waals surface area (Å²) < 4.78 is 41.0. The van der Waals surface area contributed by atoms with E-state index in [1.807, 2.05) is 17.0 Å². The van der Waals surface area contributed by atoms with Gasteiger partial charge in [-0.15, -0.1) is 13.2 Å². The molecule has 4 rings (SSSR count). The zero-order chi connectivity index (χ0) is 23.5. The molecule has 6 nitrogen and oxygen atoms in total. The Hall–Kier alpha value is -3.41. The maximum Gasteiger partial charge on any atom is 0.573 e. The predicted octanol–water partition coefficient (Wildman–Crippen LogP) is 4.53. The number of anilines is 2. The van der Waals surface area contributed by atoms with E-state index < -0.39 is 11.9 Å². The van der Waals surface area contributed by atoms with Crippen LogP contribution in [-0.2, 0) is 4.79 Å². The maximum atomic E-state index is 13.5. The highest BCUT2D eigenvalue weighted by molar-refractivity contribution is 5.90. The Morgan fingerprint density at radius 1 is 0.970 bits per heavy atom. The van der Waals surface area contributed by atoms with E-state index in [-0.39, 0.29) is 11.7 Å². The number of halogens is 3. The minimum absolute atomic E-state index is 0.0814. The molecule has 1 saturated heterocycles. The Morgan fingerprint density at radius 2 is 1.58 bits per heavy atom. The number of nitriles is 1. The first-order valence-electron chi connectivity index (χ1n) is 11.0. The van der Waals surface area contributed by atoms with Gasteiger partial charge in [-0.2, -0.15) is 5.26 Å². The zero-order valence-corrected chi connectivity index (χ0v) is 18.1. The van der Waals surface area contributed by atoms with Gasteiger partial charge in [-0.25, -0.2) is 0 Å². The molecule has 0 bridgehead atoms. The van der Waals surface area contributed by atoms with Gasteiger partial charge in [0.15, 0.2) is 0 Å². The summed E-state index contributed by atoms with van der Waals surface area (Å²) in [5.74, 6) is -0.171. The van der Waals surface area contributed by atoms with Gasteiger partial charge in [0.2, 0.25) is 5.91 Å². The van der Waals surface area contributed by atoms with E-state index in [0.29, 0.717) is 31.7 Å². The van der Waals surface area contributed by atoms with E-state index in [1.165, 1.54) is 12.1 Å². The Labute approximate surface area is 190 Å². The summed E-state index contributed by atoms with van der Waals surface area (Å²) >= 11 is 0. The molecular weight excluding hydrogens is 433 g/mol. The van der Waals surface area contributed by atoms with Crippen LogP contribution in [0.25, 0.3) is 0 Å². The van der Waals surface area contributed by atoms with Crippen LogP contribution >= 0.6 is 0 Å². The van der Waals surface area contributed by atoms with E-state index in [2.05, 4.69) is 21.0 Å². The highest BCUT2D eigenvalue weighted by Gasteiger charge is 2.44. The molecule has 1 amide bonds. The Morgan fingerprint density at radius 3 is 2.12 bits per heavy atom. The summed E-state index contributed by atoms with van der Waals surface area (Å²) in [5, 5.41) is 12.4. The summed E-state index contributed by atoms with van der Waals surface area (Å²) in [6, 6.07) is 15.0. The topological polar surface area (TPSA) is 68.6 Å². The molecule has 1 aliphatic heterocycles. The van der Waals surface area contributed by atoms with E-state index in [9.17, 15) is 18.0 Å². The number of ether oxygens (including phenoxy) is 1. The van der Waals surface area contributed by atoms with Crippen LogP contribution in [0, 0.1) is 11.3 Å². The largest absolute Gasteiger partial charge is 0.573 e. The normalized spacial score (nSPS) is 18.0. The molecule has 0 unspecified atom stereocenters. The van der Waals surface area contributed by atoms with Crippen molar-refractivity contribution in [3.8, 4) is 11.8 Å². The van der Waals surface area contributed by atoms with Crippen LogP contribution < -0.4 is 15.0 Å². The quantitative estimate of drug-likeness (QED) is 0.713. The molecule has 0 radical (unpaired) electrons. The highest BCUT2D eigenvalue weighted by atomic mass is 19.4. The van der Waals surface area contributed by atoms with E-state index in [0.717, 1.165) is 37.1 Å². The first kappa shape index (κ1) is 22.8. The Balaban J connectivity index is 1.38. The molecule has 2 fully saturated rings. The third-order valence-electron chi connectivity index (χ3n) is 6.27. The average molecular weight is 458 g/mol. The van der Waals surface area contributed by atoms with Crippen LogP contribution in [0.4, 0.5) is 24.5 Å². The fraction of sp³-hybridized carbons (Fsp3) is 0.417. The minimum Gasteiger partial charge on any atom is -0.406 e. The van der Waals surface area contributed by atoms with Gasteiger partial charge in [-0.3, -0.25) is 4.79 Å². The number of hydrogen-bond donors (Lipinski definition) is 1. The van der Waals surface area contributed by atoms with Crippen LogP contribution in [0.1, 0.15) is 31.2 Å². The molecule has 0 spiro atoms. The van der Waals surface area contributed by atoms with Crippen molar-refractivity contribution in [2.45, 2.75) is 37.6 Å². The third kappa shape index (κ3) is 5.33. The lowest BCUT2D eigenvalue weighted by atomic mass is 9.94. The van der Waals surface area contributed by atoms with Crippen molar-refractivity contribution in [2.24, 2.45) is 0 Å². The fourth-order valence-electron chi connectivity index (χ4n) is 4.60. The highest BCUT2D eigenvalue weighted by Crippen LogP contribution is 2.35. The van der Waals surface area contributed by atoms with Crippen molar-refractivity contribution in [3.05, 3.63) is 54.1 Å². The number of benzene rings is 2. The first-order chi connectivity index (χ1) is 15.8. The van der Waals surface area contributed by atoms with Crippen molar-refractivity contribution >= 4 is 17.3 Å². The molecule has 1 saturated carbocycles. The number of nitrogens with zero attached hydrogens (tertiary/aromatic N) is 3. The zero-order valence-electron chi connectivity index (χ0n) is 18.1. The molecule has 2 aromatic rings. The molecular formula is C24H25F3N4O2. The average Bonchev–Trinajstić information content (AvgIpc) is 3.28. The van der Waals surface area contributed by atoms with Crippen LogP contribution in [0.5, 0.6) is 5.75 Å². The molecule has 1 aliphatic carbocycles. The second-order valence-corrected chi connectivity index (χ2v) is 8.42. The van der Waals surface area contributed by atoms with E-state index in [4.69, 9.17) is 5.26 Å². The van der Waals surface area contributed by atoms with Crippen molar-refractivity contribution in [2.75, 3.05) is 36.4 Å². The summed E-state index contributed by atoms with van der Waals surface area (Å²) in [7, 11) is 0. The van der Waals surface area contributed by atoms with Gasteiger partial charge >= 0.3 is 6.36 Å². The standard InChI is InChI=1S/C24H25F3N4O2/c25-24(26,27)33-21-9-7-20(8-10-21)30-13-15-31(16-14-30)22(32)23(11-1-2-12-23)29-19-5-3-18(17-28)4-6-19/h3-10,29H,1-2,11-16H2. The minimum atomic E-state index is -4.71. The first-order valence-corrected chi connectivity index (χ1v) is 11.0. The maximum absolute atomic E-state index is 13.5. The molecule has 1 N–H and O–H groups in total. The second kappa shape index (κ2) is 9.22. The van der Waals surface area contributed by atoms with Gasteiger partial charge in [0, 0.05) is 37.6 Å². The fourth-order valence-corrected chi connectivity index (χ4v) is 4.60. The molecule has 2 aromatic carbocycles. The number of carbonyl (C=O) groups is 1. The van der Waals surface area contributed by atoms with Gasteiger partial charge < -0.3 is 19.9 Å². The van der Waals surface area contributed by atoms with Crippen LogP contribution in [0.2, 0.25) is 0 Å². The summed E-state index contributed by atoms with van der Waals surface area (Å²) in [6.45, 7) is 2.27. The lowest BCUT2D eigenvalue weighted by Crippen LogP contribution is -2.57. The van der Waals surface area contributed by atoms with Crippen molar-refractivity contribution in [1.82, 2.24) is 4.90 Å². The lowest BCUT2D eigenvalue weighted by molar-refractivity contribution is -0.274. The van der Waals surface area contributed by atoms with Crippen molar-refractivity contribution in [3.63, 3.8) is 0 Å². The number of nitrogens with one attached hydrogen (secondary N) is 1. The van der Waals surface area contributed by atoms with Crippen molar-refractivity contribution < 1.29 is 22.7 Å². The van der Waals surface area contributed by atoms with Gasteiger partial charge in [0.05, 0.1) is 11.6 Å². The molecule has 9 heteroatoms. The van der Waals surface area contributed by atoms with E-state index in [1.54, 1.807) is 24.3 Å². The number of alkyl halides is 3. The molecule has 33 heavy (non-hydrogen) atoms. The number of hydrogen-bond acceptors (Lipinski definition) is 5. The molecule has 0 atom stereocenters. The number of amides is 1. The van der Waals surface area contributed by atoms with Gasteiger partial charge in [-0.05, 0) is 61.4 Å². The molecule has 0 aromatic heterocycles. The van der Waals surface area contributed by atoms with Crippen LogP contribution in [0.3, 0.4) is 0 Å². The number of carbonyl (C=O) groups excluding carboxylic acids is 1. The van der Waals surface area contributed by atoms with E-state index >= 15 is 0 Å². The molecule has 174 valence electrons. The number of rotatable bonds is 5. The molecule has 2 aliphatic rings. The smallest absolute Gasteiger partial charge is 0.406 e. The van der Waals surface area contributed by atoms with Crippen LogP contribution in [0.15, 0.2) is 48.5 Å². The SMILES string of the molecule is N#Cc1ccc(NC2(C(=O)N3CCN(c4ccc(OC(F)(F)F)cc4)CC3)CCCC2)cc1. The Bertz CT molecular complexity index is 1000. The van der Waals surface area contributed by atoms with Gasteiger partial charge in [0.1, 0.15) is 11.3 Å². The van der Waals surface area contributed by atoms with Crippen molar-refractivity contribution in [1.29, 1.82) is 5.26 Å².